The first-order valence-corrected chi connectivity index (χ1v) is 3.37. The van der Waals surface area contributed by atoms with Crippen LogP contribution in [0.15, 0.2) is 0 Å². The van der Waals surface area contributed by atoms with E-state index in [0.717, 1.165) is 0 Å². The molecule has 0 saturated heterocycles. The minimum atomic E-state index is -1.07. The third-order valence-electron chi connectivity index (χ3n) is 1.19. The van der Waals surface area contributed by atoms with Crippen molar-refractivity contribution < 1.29 is 19.6 Å². The van der Waals surface area contributed by atoms with Gasteiger partial charge in [-0.05, 0) is 0 Å². The Hall–Kier alpha value is -1.46. The Morgan fingerprint density at radius 1 is 1.25 bits per heavy atom. The summed E-state index contributed by atoms with van der Waals surface area (Å²) in [4.78, 5) is 29.8. The number of carboxylic acids is 1. The summed E-state index contributed by atoms with van der Waals surface area (Å²) in [6.07, 6.45) is -0.556. The number of nitro groups is 1. The maximum atomic E-state index is 10.7. The molecule has 0 unspecified atom stereocenters. The summed E-state index contributed by atoms with van der Waals surface area (Å²) >= 11 is 0. The molecule has 0 spiro atoms. The van der Waals surface area contributed by atoms with Crippen LogP contribution in [0.25, 0.3) is 0 Å². The molecule has 0 amide bonds. The Labute approximate surface area is 68.3 Å². The number of ketones is 1. The van der Waals surface area contributed by atoms with Gasteiger partial charge in [0.25, 0.3) is 0 Å². The summed E-state index contributed by atoms with van der Waals surface area (Å²) in [5.41, 5.74) is 0. The SMILES string of the molecule is O=C(O)CCC(=O)CC[N+](=O)[O-]. The Balaban J connectivity index is 3.47. The third kappa shape index (κ3) is 6.66. The second-order valence-corrected chi connectivity index (χ2v) is 2.24. The molecule has 0 bridgehead atoms. The Morgan fingerprint density at radius 3 is 2.25 bits per heavy atom. The second kappa shape index (κ2) is 5.22. The predicted octanol–water partition coefficient (Wildman–Crippen LogP) is 0.0871. The van der Waals surface area contributed by atoms with Gasteiger partial charge in [-0.15, -0.1) is 0 Å². The van der Waals surface area contributed by atoms with E-state index in [1.807, 2.05) is 0 Å². The van der Waals surface area contributed by atoms with Crippen LogP contribution < -0.4 is 0 Å². The summed E-state index contributed by atoms with van der Waals surface area (Å²) in [6, 6.07) is 0. The van der Waals surface area contributed by atoms with Gasteiger partial charge in [0.05, 0.1) is 12.8 Å². The monoisotopic (exact) mass is 175 g/mol. The number of carboxylic acid groups (broad SMARTS) is 1. The Bertz CT molecular complexity index is 180. The largest absolute Gasteiger partial charge is 0.481 e. The molecule has 0 saturated carbocycles. The van der Waals surface area contributed by atoms with Crippen LogP contribution in [0.3, 0.4) is 0 Å². The van der Waals surface area contributed by atoms with E-state index < -0.39 is 17.4 Å². The lowest BCUT2D eigenvalue weighted by Gasteiger charge is -1.93. The lowest BCUT2D eigenvalue weighted by molar-refractivity contribution is -0.478. The zero-order chi connectivity index (χ0) is 9.56. The van der Waals surface area contributed by atoms with Crippen LogP contribution >= 0.6 is 0 Å². The highest BCUT2D eigenvalue weighted by Gasteiger charge is 2.08. The average Bonchev–Trinajstić information content (AvgIpc) is 1.96. The minimum absolute atomic E-state index is 0.122. The highest BCUT2D eigenvalue weighted by atomic mass is 16.6. The van der Waals surface area contributed by atoms with Gasteiger partial charge >= 0.3 is 5.97 Å². The molecule has 0 atom stereocenters. The van der Waals surface area contributed by atoms with E-state index in [9.17, 15) is 19.7 Å². The fraction of sp³-hybridized carbons (Fsp3) is 0.667. The number of aliphatic carboxylic acids is 1. The topological polar surface area (TPSA) is 97.5 Å². The highest BCUT2D eigenvalue weighted by molar-refractivity contribution is 5.82. The van der Waals surface area contributed by atoms with Gasteiger partial charge in [-0.2, -0.15) is 0 Å². The van der Waals surface area contributed by atoms with Crippen LogP contribution in [0.5, 0.6) is 0 Å². The molecule has 0 aliphatic rings. The lowest BCUT2D eigenvalue weighted by Crippen LogP contribution is -2.09. The van der Waals surface area contributed by atoms with Crippen molar-refractivity contribution >= 4 is 11.8 Å². The smallest absolute Gasteiger partial charge is 0.303 e. The summed E-state index contributed by atoms with van der Waals surface area (Å²) in [5.74, 6) is -1.45. The first kappa shape index (κ1) is 10.5. The first-order chi connectivity index (χ1) is 5.52. The average molecular weight is 175 g/mol. The van der Waals surface area contributed by atoms with Crippen LogP contribution in [0.2, 0.25) is 0 Å². The van der Waals surface area contributed by atoms with Crippen molar-refractivity contribution in [2.75, 3.05) is 6.54 Å². The van der Waals surface area contributed by atoms with Crippen LogP contribution in [-0.2, 0) is 9.59 Å². The molecule has 6 nitrogen and oxygen atoms in total. The number of Topliss-reactive ketones (excluding diaryl/α,β-unsaturated/α-hetero) is 1. The van der Waals surface area contributed by atoms with Gasteiger partial charge in [0.2, 0.25) is 6.54 Å². The maximum Gasteiger partial charge on any atom is 0.303 e. The summed E-state index contributed by atoms with van der Waals surface area (Å²) in [6.45, 7) is -0.418. The van der Waals surface area contributed by atoms with Gasteiger partial charge < -0.3 is 5.11 Å². The number of nitrogens with zero attached hydrogens (tertiary/aromatic N) is 1. The molecule has 12 heavy (non-hydrogen) atoms. The van der Waals surface area contributed by atoms with Crippen molar-refractivity contribution in [1.82, 2.24) is 0 Å². The first-order valence-electron chi connectivity index (χ1n) is 3.37. The molecular weight excluding hydrogens is 166 g/mol. The lowest BCUT2D eigenvalue weighted by atomic mass is 10.2. The van der Waals surface area contributed by atoms with E-state index in [1.54, 1.807) is 0 Å². The second-order valence-electron chi connectivity index (χ2n) is 2.24. The van der Waals surface area contributed by atoms with E-state index in [-0.39, 0.29) is 25.0 Å². The number of rotatable bonds is 6. The van der Waals surface area contributed by atoms with E-state index in [2.05, 4.69) is 0 Å². The molecule has 0 radical (unpaired) electrons. The van der Waals surface area contributed by atoms with Gasteiger partial charge in [-0.1, -0.05) is 0 Å². The van der Waals surface area contributed by atoms with Crippen LogP contribution in [0.1, 0.15) is 19.3 Å². The van der Waals surface area contributed by atoms with Gasteiger partial charge in [0, 0.05) is 11.3 Å². The van der Waals surface area contributed by atoms with E-state index >= 15 is 0 Å². The number of hydrogen-bond donors (Lipinski definition) is 1. The Kier molecular flexibility index (Phi) is 4.59. The van der Waals surface area contributed by atoms with Crippen LogP contribution in [0, 0.1) is 10.1 Å². The molecule has 0 fully saturated rings. The quantitative estimate of drug-likeness (QED) is 0.455. The van der Waals surface area contributed by atoms with Crippen molar-refractivity contribution in [2.24, 2.45) is 0 Å². The molecule has 6 heteroatoms. The van der Waals surface area contributed by atoms with E-state index in [4.69, 9.17) is 5.11 Å². The molecule has 0 heterocycles. The number of hydrogen-bond acceptors (Lipinski definition) is 4. The molecule has 0 aliphatic carbocycles. The number of carbonyl (C=O) groups excluding carboxylic acids is 1. The Morgan fingerprint density at radius 2 is 1.83 bits per heavy atom. The third-order valence-corrected chi connectivity index (χ3v) is 1.19. The molecule has 0 rings (SSSR count). The van der Waals surface area contributed by atoms with Crippen LogP contribution in [-0.4, -0.2) is 28.3 Å². The molecule has 0 aromatic carbocycles. The highest BCUT2D eigenvalue weighted by Crippen LogP contribution is 1.95. The molecule has 68 valence electrons. The molecule has 1 N–H and O–H groups in total. The standard InChI is InChI=1S/C6H9NO5/c8-5(1-2-6(9)10)3-4-7(11)12/h1-4H2,(H,9,10). The van der Waals surface area contributed by atoms with Crippen LogP contribution in [0.4, 0.5) is 0 Å². The van der Waals surface area contributed by atoms with Crippen molar-refractivity contribution in [3.05, 3.63) is 10.1 Å². The van der Waals surface area contributed by atoms with Gasteiger partial charge in [-0.3, -0.25) is 19.7 Å². The normalized spacial score (nSPS) is 9.33. The van der Waals surface area contributed by atoms with E-state index in [1.165, 1.54) is 0 Å². The fourth-order valence-electron chi connectivity index (χ4n) is 0.587. The zero-order valence-electron chi connectivity index (χ0n) is 6.36. The fourth-order valence-corrected chi connectivity index (χ4v) is 0.587. The molecule has 0 aromatic rings. The molecular formula is C6H9NO5. The maximum absolute atomic E-state index is 10.7. The van der Waals surface area contributed by atoms with Crippen molar-refractivity contribution in [2.45, 2.75) is 19.3 Å². The minimum Gasteiger partial charge on any atom is -0.481 e. The van der Waals surface area contributed by atoms with Gasteiger partial charge in [0.15, 0.2) is 0 Å². The van der Waals surface area contributed by atoms with Crippen molar-refractivity contribution in [1.29, 1.82) is 0 Å². The molecule has 0 aromatic heterocycles. The van der Waals surface area contributed by atoms with Crippen molar-refractivity contribution in [3.8, 4) is 0 Å². The summed E-state index contributed by atoms with van der Waals surface area (Å²) in [5, 5.41) is 17.9. The van der Waals surface area contributed by atoms with Gasteiger partial charge in [0.1, 0.15) is 5.78 Å². The predicted molar refractivity (Wildman–Crippen MR) is 38.4 cm³/mol. The summed E-state index contributed by atoms with van der Waals surface area (Å²) in [7, 11) is 0. The number of carbonyl (C=O) groups is 2. The zero-order valence-corrected chi connectivity index (χ0v) is 6.36. The van der Waals surface area contributed by atoms with Crippen molar-refractivity contribution in [3.63, 3.8) is 0 Å². The van der Waals surface area contributed by atoms with E-state index in [0.29, 0.717) is 0 Å². The van der Waals surface area contributed by atoms with Gasteiger partial charge in [-0.25, -0.2) is 0 Å². The molecule has 0 aliphatic heterocycles. The summed E-state index contributed by atoms with van der Waals surface area (Å²) < 4.78 is 0.